The number of ether oxygens (including phenoxy) is 1. The maximum atomic E-state index is 11.3. The molecule has 0 aromatic carbocycles. The lowest BCUT2D eigenvalue weighted by molar-refractivity contribution is -0.121. The molecule has 0 fully saturated rings. The Morgan fingerprint density at radius 2 is 2.17 bits per heavy atom. The van der Waals surface area contributed by atoms with Crippen LogP contribution >= 0.6 is 0 Å². The molecule has 1 rings (SSSR count). The lowest BCUT2D eigenvalue weighted by Crippen LogP contribution is -2.24. The fourth-order valence-corrected chi connectivity index (χ4v) is 1.75. The molecule has 0 aliphatic rings. The average Bonchev–Trinajstić information content (AvgIpc) is 2.61. The summed E-state index contributed by atoms with van der Waals surface area (Å²) in [5.41, 5.74) is 3.14. The molecule has 1 aromatic rings. The third kappa shape index (κ3) is 3.82. The van der Waals surface area contributed by atoms with Gasteiger partial charge in [-0.25, -0.2) is 0 Å². The first kappa shape index (κ1) is 14.7. The molecule has 6 heteroatoms. The maximum absolute atomic E-state index is 11.3. The van der Waals surface area contributed by atoms with Gasteiger partial charge in [0.25, 0.3) is 0 Å². The summed E-state index contributed by atoms with van der Waals surface area (Å²) in [6, 6.07) is 0. The minimum absolute atomic E-state index is 0.0421. The van der Waals surface area contributed by atoms with Gasteiger partial charge in [0, 0.05) is 38.5 Å². The summed E-state index contributed by atoms with van der Waals surface area (Å²) in [7, 11) is 3.31. The SMILES string of the molecule is CNC(=O)Cn1nc(C)c(CNCCOC)c1C. The Morgan fingerprint density at radius 3 is 2.78 bits per heavy atom. The minimum Gasteiger partial charge on any atom is -0.383 e. The number of methoxy groups -OCH3 is 1. The van der Waals surface area contributed by atoms with Gasteiger partial charge >= 0.3 is 0 Å². The number of likely N-dealkylation sites (N-methyl/N-ethyl adjacent to an activating group) is 1. The van der Waals surface area contributed by atoms with Crippen molar-refractivity contribution in [2.45, 2.75) is 26.9 Å². The molecule has 1 heterocycles. The predicted octanol–water partition coefficient (Wildman–Crippen LogP) is -0.0181. The van der Waals surface area contributed by atoms with E-state index in [0.717, 1.165) is 30.0 Å². The molecule has 6 nitrogen and oxygen atoms in total. The lowest BCUT2D eigenvalue weighted by Gasteiger charge is -2.06. The van der Waals surface area contributed by atoms with E-state index in [2.05, 4.69) is 15.7 Å². The molecule has 102 valence electrons. The van der Waals surface area contributed by atoms with Crippen LogP contribution in [-0.2, 0) is 22.6 Å². The number of carbonyl (C=O) groups excluding carboxylic acids is 1. The topological polar surface area (TPSA) is 68.2 Å². The predicted molar refractivity (Wildman–Crippen MR) is 69.4 cm³/mol. The van der Waals surface area contributed by atoms with Gasteiger partial charge < -0.3 is 15.4 Å². The number of aromatic nitrogens is 2. The van der Waals surface area contributed by atoms with Crippen molar-refractivity contribution >= 4 is 5.91 Å². The summed E-state index contributed by atoms with van der Waals surface area (Å²) in [5.74, 6) is -0.0421. The number of hydrogen-bond donors (Lipinski definition) is 2. The molecule has 1 amide bonds. The van der Waals surface area contributed by atoms with Gasteiger partial charge in [-0.2, -0.15) is 5.10 Å². The maximum Gasteiger partial charge on any atom is 0.241 e. The van der Waals surface area contributed by atoms with Crippen molar-refractivity contribution in [3.8, 4) is 0 Å². The highest BCUT2D eigenvalue weighted by Crippen LogP contribution is 2.12. The first-order valence-electron chi connectivity index (χ1n) is 6.03. The molecule has 2 N–H and O–H groups in total. The molecule has 0 bridgehead atoms. The van der Waals surface area contributed by atoms with Gasteiger partial charge in [-0.3, -0.25) is 9.48 Å². The van der Waals surface area contributed by atoms with Crippen LogP contribution in [0.2, 0.25) is 0 Å². The van der Waals surface area contributed by atoms with E-state index in [-0.39, 0.29) is 12.5 Å². The number of carbonyl (C=O) groups is 1. The zero-order valence-corrected chi connectivity index (χ0v) is 11.5. The normalized spacial score (nSPS) is 10.7. The fraction of sp³-hybridized carbons (Fsp3) is 0.667. The molecule has 0 saturated carbocycles. The second kappa shape index (κ2) is 7.13. The number of nitrogens with one attached hydrogen (secondary N) is 2. The Labute approximate surface area is 108 Å². The molecule has 1 aromatic heterocycles. The summed E-state index contributed by atoms with van der Waals surface area (Å²) < 4.78 is 6.71. The van der Waals surface area contributed by atoms with Crippen LogP contribution in [0.3, 0.4) is 0 Å². The Bertz CT molecular complexity index is 401. The third-order valence-electron chi connectivity index (χ3n) is 2.89. The first-order valence-corrected chi connectivity index (χ1v) is 6.03. The number of hydrogen-bond acceptors (Lipinski definition) is 4. The molecule has 0 aliphatic heterocycles. The quantitative estimate of drug-likeness (QED) is 0.671. The van der Waals surface area contributed by atoms with E-state index in [1.54, 1.807) is 18.8 Å². The zero-order valence-electron chi connectivity index (χ0n) is 11.5. The van der Waals surface area contributed by atoms with Gasteiger partial charge in [0.15, 0.2) is 0 Å². The fourth-order valence-electron chi connectivity index (χ4n) is 1.75. The van der Waals surface area contributed by atoms with Crippen LogP contribution in [0.15, 0.2) is 0 Å². The number of nitrogens with zero attached hydrogens (tertiary/aromatic N) is 2. The van der Waals surface area contributed by atoms with Crippen LogP contribution < -0.4 is 10.6 Å². The molecule has 0 unspecified atom stereocenters. The highest BCUT2D eigenvalue weighted by Gasteiger charge is 2.12. The van der Waals surface area contributed by atoms with Gasteiger partial charge in [0.1, 0.15) is 6.54 Å². The van der Waals surface area contributed by atoms with Crippen LogP contribution in [0.4, 0.5) is 0 Å². The van der Waals surface area contributed by atoms with E-state index in [1.165, 1.54) is 0 Å². The van der Waals surface area contributed by atoms with Crippen molar-refractivity contribution in [1.29, 1.82) is 0 Å². The largest absolute Gasteiger partial charge is 0.383 e. The van der Waals surface area contributed by atoms with E-state index >= 15 is 0 Å². The molecule has 0 saturated heterocycles. The van der Waals surface area contributed by atoms with Crippen LogP contribution in [0, 0.1) is 13.8 Å². The van der Waals surface area contributed by atoms with Crippen molar-refractivity contribution in [2.24, 2.45) is 0 Å². The van der Waals surface area contributed by atoms with Gasteiger partial charge in [-0.1, -0.05) is 0 Å². The highest BCUT2D eigenvalue weighted by atomic mass is 16.5. The van der Waals surface area contributed by atoms with Crippen LogP contribution in [0.5, 0.6) is 0 Å². The second-order valence-electron chi connectivity index (χ2n) is 4.15. The standard InChI is InChI=1S/C12H22N4O2/c1-9-11(7-14-5-6-18-4)10(2)16(15-9)8-12(17)13-3/h14H,5-8H2,1-4H3,(H,13,17). The van der Waals surface area contributed by atoms with Crippen molar-refractivity contribution < 1.29 is 9.53 Å². The van der Waals surface area contributed by atoms with E-state index in [9.17, 15) is 4.79 Å². The van der Waals surface area contributed by atoms with Crippen molar-refractivity contribution in [3.63, 3.8) is 0 Å². The van der Waals surface area contributed by atoms with Crippen molar-refractivity contribution in [1.82, 2.24) is 20.4 Å². The number of aryl methyl sites for hydroxylation is 1. The monoisotopic (exact) mass is 254 g/mol. The van der Waals surface area contributed by atoms with Crippen LogP contribution in [-0.4, -0.2) is 43.0 Å². The van der Waals surface area contributed by atoms with Gasteiger partial charge in [-0.05, 0) is 13.8 Å². The van der Waals surface area contributed by atoms with E-state index < -0.39 is 0 Å². The number of amides is 1. The molecule has 0 atom stereocenters. The van der Waals surface area contributed by atoms with Crippen molar-refractivity contribution in [3.05, 3.63) is 17.0 Å². The third-order valence-corrected chi connectivity index (χ3v) is 2.89. The molecule has 0 spiro atoms. The first-order chi connectivity index (χ1) is 8.60. The lowest BCUT2D eigenvalue weighted by atomic mass is 10.2. The zero-order chi connectivity index (χ0) is 13.5. The Balaban J connectivity index is 2.65. The summed E-state index contributed by atoms with van der Waals surface area (Å²) in [6.07, 6.45) is 0. The summed E-state index contributed by atoms with van der Waals surface area (Å²) in [6.45, 7) is 6.44. The summed E-state index contributed by atoms with van der Waals surface area (Å²) in [5, 5.41) is 10.3. The molecular formula is C12H22N4O2. The van der Waals surface area contributed by atoms with E-state index in [1.807, 2.05) is 13.8 Å². The second-order valence-corrected chi connectivity index (χ2v) is 4.15. The van der Waals surface area contributed by atoms with Crippen molar-refractivity contribution in [2.75, 3.05) is 27.3 Å². The highest BCUT2D eigenvalue weighted by molar-refractivity contribution is 5.75. The number of rotatable bonds is 7. The van der Waals surface area contributed by atoms with Crippen LogP contribution in [0.25, 0.3) is 0 Å². The molecule has 0 radical (unpaired) electrons. The van der Waals surface area contributed by atoms with Gasteiger partial charge in [0.2, 0.25) is 5.91 Å². The van der Waals surface area contributed by atoms with Gasteiger partial charge in [0.05, 0.1) is 12.3 Å². The minimum atomic E-state index is -0.0421. The van der Waals surface area contributed by atoms with Crippen LogP contribution in [0.1, 0.15) is 17.0 Å². The Morgan fingerprint density at radius 1 is 1.44 bits per heavy atom. The van der Waals surface area contributed by atoms with Gasteiger partial charge in [-0.15, -0.1) is 0 Å². The Hall–Kier alpha value is -1.40. The Kier molecular flexibility index (Phi) is 5.80. The molecule has 18 heavy (non-hydrogen) atoms. The molecular weight excluding hydrogens is 232 g/mol. The smallest absolute Gasteiger partial charge is 0.241 e. The average molecular weight is 254 g/mol. The molecule has 0 aliphatic carbocycles. The van der Waals surface area contributed by atoms with E-state index in [4.69, 9.17) is 4.74 Å². The summed E-state index contributed by atoms with van der Waals surface area (Å²) >= 11 is 0. The van der Waals surface area contributed by atoms with E-state index in [0.29, 0.717) is 6.61 Å². The summed E-state index contributed by atoms with van der Waals surface area (Å²) in [4.78, 5) is 11.3.